The van der Waals surface area contributed by atoms with Crippen molar-refractivity contribution >= 4 is 17.5 Å². The van der Waals surface area contributed by atoms with E-state index in [1.807, 2.05) is 17.0 Å². The van der Waals surface area contributed by atoms with Crippen LogP contribution in [0.15, 0.2) is 48.5 Å². The molecule has 31 heavy (non-hydrogen) atoms. The highest BCUT2D eigenvalue weighted by atomic mass is 35.5. The summed E-state index contributed by atoms with van der Waals surface area (Å²) in [5, 5.41) is 8.03. The van der Waals surface area contributed by atoms with Crippen LogP contribution in [-0.4, -0.2) is 65.3 Å². The van der Waals surface area contributed by atoms with Gasteiger partial charge in [-0.2, -0.15) is 5.10 Å². The van der Waals surface area contributed by atoms with Crippen molar-refractivity contribution in [1.82, 2.24) is 20.0 Å². The molecule has 0 radical (unpaired) electrons. The number of carbonyl (C=O) groups is 1. The number of hydrogen-bond acceptors (Lipinski definition) is 4. The molecule has 5 rings (SSSR count). The van der Waals surface area contributed by atoms with Crippen molar-refractivity contribution < 1.29 is 13.9 Å². The van der Waals surface area contributed by atoms with E-state index in [4.69, 9.17) is 16.3 Å². The number of nitrogens with one attached hydrogen (secondary N) is 1. The Labute approximate surface area is 184 Å². The Kier molecular flexibility index (Phi) is 5.48. The third-order valence-electron chi connectivity index (χ3n) is 5.93. The molecule has 1 amide bonds. The van der Waals surface area contributed by atoms with E-state index in [2.05, 4.69) is 15.1 Å². The molecule has 3 aromatic rings. The van der Waals surface area contributed by atoms with E-state index in [1.165, 1.54) is 12.1 Å². The van der Waals surface area contributed by atoms with Crippen molar-refractivity contribution in [1.29, 1.82) is 0 Å². The number of H-pyrrole nitrogens is 1. The van der Waals surface area contributed by atoms with Crippen molar-refractivity contribution in [3.63, 3.8) is 0 Å². The molecule has 2 aliphatic rings. The SMILES string of the molecule is O=C1c2[nH]nc(-c3ccc(Cl)cc3)c2C(c2ccc(F)cc2)N1CCN1CCOCC1. The highest BCUT2D eigenvalue weighted by molar-refractivity contribution is 6.30. The number of aromatic nitrogens is 2. The second kappa shape index (κ2) is 8.42. The van der Waals surface area contributed by atoms with E-state index in [0.29, 0.717) is 36.2 Å². The molecule has 2 aliphatic heterocycles. The lowest BCUT2D eigenvalue weighted by Crippen LogP contribution is -2.42. The van der Waals surface area contributed by atoms with Gasteiger partial charge >= 0.3 is 0 Å². The summed E-state index contributed by atoms with van der Waals surface area (Å²) in [5.74, 6) is -0.399. The van der Waals surface area contributed by atoms with Gasteiger partial charge in [0, 0.05) is 42.3 Å². The molecule has 0 spiro atoms. The van der Waals surface area contributed by atoms with Crippen molar-refractivity contribution in [2.24, 2.45) is 0 Å². The molecule has 1 unspecified atom stereocenters. The zero-order valence-corrected chi connectivity index (χ0v) is 17.6. The van der Waals surface area contributed by atoms with Gasteiger partial charge in [-0.25, -0.2) is 4.39 Å². The Hall–Kier alpha value is -2.74. The van der Waals surface area contributed by atoms with Crippen LogP contribution >= 0.6 is 11.6 Å². The third-order valence-corrected chi connectivity index (χ3v) is 6.18. The lowest BCUT2D eigenvalue weighted by atomic mass is 9.96. The zero-order valence-electron chi connectivity index (χ0n) is 16.9. The summed E-state index contributed by atoms with van der Waals surface area (Å²) in [5.41, 5.74) is 3.74. The summed E-state index contributed by atoms with van der Waals surface area (Å²) in [6.45, 7) is 4.43. The van der Waals surface area contributed by atoms with E-state index in [1.54, 1.807) is 24.3 Å². The van der Waals surface area contributed by atoms with Crippen LogP contribution in [-0.2, 0) is 4.74 Å². The van der Waals surface area contributed by atoms with E-state index >= 15 is 0 Å². The zero-order chi connectivity index (χ0) is 21.4. The number of aromatic amines is 1. The first-order valence-electron chi connectivity index (χ1n) is 10.3. The van der Waals surface area contributed by atoms with Gasteiger partial charge in [-0.15, -0.1) is 0 Å². The Morgan fingerprint density at radius 3 is 2.48 bits per heavy atom. The molecule has 1 atom stereocenters. The number of nitrogens with zero attached hydrogens (tertiary/aromatic N) is 3. The number of ether oxygens (including phenoxy) is 1. The molecule has 1 fully saturated rings. The summed E-state index contributed by atoms with van der Waals surface area (Å²) < 4.78 is 19.1. The minimum Gasteiger partial charge on any atom is -0.379 e. The van der Waals surface area contributed by atoms with Crippen molar-refractivity contribution in [3.05, 3.63) is 76.2 Å². The van der Waals surface area contributed by atoms with Crippen molar-refractivity contribution in [2.75, 3.05) is 39.4 Å². The molecule has 2 aromatic carbocycles. The number of morpholine rings is 1. The molecule has 3 heterocycles. The smallest absolute Gasteiger partial charge is 0.273 e. The van der Waals surface area contributed by atoms with E-state index in [-0.39, 0.29) is 17.8 Å². The lowest BCUT2D eigenvalue weighted by molar-refractivity contribution is 0.0316. The second-order valence-corrected chi connectivity index (χ2v) is 8.21. The summed E-state index contributed by atoms with van der Waals surface area (Å²) in [6, 6.07) is 13.4. The number of amides is 1. The maximum atomic E-state index is 13.6. The largest absolute Gasteiger partial charge is 0.379 e. The summed E-state index contributed by atoms with van der Waals surface area (Å²) >= 11 is 6.05. The fourth-order valence-electron chi connectivity index (χ4n) is 4.32. The first-order chi connectivity index (χ1) is 15.1. The Bertz CT molecular complexity index is 1080. The Balaban J connectivity index is 1.52. The van der Waals surface area contributed by atoms with Crippen LogP contribution in [0.3, 0.4) is 0 Å². The van der Waals surface area contributed by atoms with Gasteiger partial charge in [0.05, 0.1) is 24.9 Å². The molecule has 8 heteroatoms. The predicted octanol–water partition coefficient (Wildman–Crippen LogP) is 3.75. The van der Waals surface area contributed by atoms with Crippen molar-refractivity contribution in [3.8, 4) is 11.3 Å². The fourth-order valence-corrected chi connectivity index (χ4v) is 4.45. The van der Waals surface area contributed by atoms with Gasteiger partial charge in [-0.05, 0) is 29.8 Å². The third kappa shape index (κ3) is 3.84. The van der Waals surface area contributed by atoms with Gasteiger partial charge in [0.1, 0.15) is 11.5 Å². The first kappa shape index (κ1) is 20.2. The van der Waals surface area contributed by atoms with E-state index in [0.717, 1.165) is 36.3 Å². The van der Waals surface area contributed by atoms with E-state index in [9.17, 15) is 9.18 Å². The molecule has 160 valence electrons. The number of benzene rings is 2. The van der Waals surface area contributed by atoms with Gasteiger partial charge < -0.3 is 9.64 Å². The van der Waals surface area contributed by atoms with Gasteiger partial charge in [0.2, 0.25) is 0 Å². The molecule has 0 aliphatic carbocycles. The predicted molar refractivity (Wildman–Crippen MR) is 116 cm³/mol. The summed E-state index contributed by atoms with van der Waals surface area (Å²) in [4.78, 5) is 17.5. The topological polar surface area (TPSA) is 61.5 Å². The van der Waals surface area contributed by atoms with Crippen LogP contribution in [0.25, 0.3) is 11.3 Å². The van der Waals surface area contributed by atoms with Gasteiger partial charge in [0.25, 0.3) is 5.91 Å². The number of carbonyl (C=O) groups excluding carboxylic acids is 1. The Morgan fingerprint density at radius 2 is 1.77 bits per heavy atom. The lowest BCUT2D eigenvalue weighted by Gasteiger charge is -2.31. The van der Waals surface area contributed by atoms with Crippen LogP contribution in [0, 0.1) is 5.82 Å². The highest BCUT2D eigenvalue weighted by Crippen LogP contribution is 2.42. The highest BCUT2D eigenvalue weighted by Gasteiger charge is 2.42. The number of halogens is 2. The van der Waals surface area contributed by atoms with Gasteiger partial charge in [-0.3, -0.25) is 14.8 Å². The molecule has 1 saturated heterocycles. The number of rotatable bonds is 5. The van der Waals surface area contributed by atoms with Crippen LogP contribution in [0.5, 0.6) is 0 Å². The van der Waals surface area contributed by atoms with Gasteiger partial charge in [-0.1, -0.05) is 35.9 Å². The average Bonchev–Trinajstić information content (AvgIpc) is 3.33. The average molecular weight is 441 g/mol. The Morgan fingerprint density at radius 1 is 1.06 bits per heavy atom. The van der Waals surface area contributed by atoms with Crippen LogP contribution in [0.1, 0.15) is 27.7 Å². The fraction of sp³-hybridized carbons (Fsp3) is 0.304. The summed E-state index contributed by atoms with van der Waals surface area (Å²) in [7, 11) is 0. The molecule has 1 aromatic heterocycles. The summed E-state index contributed by atoms with van der Waals surface area (Å²) in [6.07, 6.45) is 0. The minimum absolute atomic E-state index is 0.0923. The molecule has 1 N–H and O–H groups in total. The molecule has 6 nitrogen and oxygen atoms in total. The first-order valence-corrected chi connectivity index (χ1v) is 10.7. The van der Waals surface area contributed by atoms with Gasteiger partial charge in [0.15, 0.2) is 0 Å². The van der Waals surface area contributed by atoms with E-state index < -0.39 is 0 Å². The normalized spacial score (nSPS) is 19.1. The second-order valence-electron chi connectivity index (χ2n) is 7.77. The van der Waals surface area contributed by atoms with Crippen LogP contribution < -0.4 is 0 Å². The number of fused-ring (bicyclic) bond motifs is 1. The maximum Gasteiger partial charge on any atom is 0.273 e. The minimum atomic E-state index is -0.339. The molecule has 0 bridgehead atoms. The molecule has 0 saturated carbocycles. The number of hydrogen-bond donors (Lipinski definition) is 1. The molecular formula is C23H22ClFN4O2. The molecular weight excluding hydrogens is 419 g/mol. The van der Waals surface area contributed by atoms with Crippen LogP contribution in [0.4, 0.5) is 4.39 Å². The van der Waals surface area contributed by atoms with Crippen molar-refractivity contribution in [2.45, 2.75) is 6.04 Å². The quantitative estimate of drug-likeness (QED) is 0.656. The standard InChI is InChI=1S/C23H22ClFN4O2/c24-17-5-1-15(2-6-17)20-19-21(27-26-20)23(30)29(10-9-28-11-13-31-14-12-28)22(19)16-3-7-18(25)8-4-16/h1-8,22H,9-14H2,(H,26,27). The maximum absolute atomic E-state index is 13.6. The monoisotopic (exact) mass is 440 g/mol. The van der Waals surface area contributed by atoms with Crippen LogP contribution in [0.2, 0.25) is 5.02 Å².